The van der Waals surface area contributed by atoms with Gasteiger partial charge < -0.3 is 15.2 Å². The van der Waals surface area contributed by atoms with E-state index >= 15 is 0 Å². The molecule has 2 aromatic carbocycles. The molecule has 0 amide bonds. The maximum atomic E-state index is 5.78. The molecule has 2 N–H and O–H groups in total. The fourth-order valence-corrected chi connectivity index (χ4v) is 2.51. The average molecular weight is 348 g/mol. The van der Waals surface area contributed by atoms with Crippen LogP contribution < -0.4 is 15.2 Å². The molecule has 0 aliphatic heterocycles. The molecule has 3 nitrogen and oxygen atoms in total. The van der Waals surface area contributed by atoms with Crippen LogP contribution in [0.4, 0.5) is 0 Å². The minimum atomic E-state index is 0.461. The van der Waals surface area contributed by atoms with Crippen molar-refractivity contribution in [3.8, 4) is 11.5 Å². The van der Waals surface area contributed by atoms with E-state index in [1.807, 2.05) is 54.6 Å². The summed E-state index contributed by atoms with van der Waals surface area (Å²) in [5.74, 6) is 1.37. The quantitative estimate of drug-likeness (QED) is 0.858. The summed E-state index contributed by atoms with van der Waals surface area (Å²) in [4.78, 5) is 0. The standard InChI is InChI=1S/C17H18BrNO2/c1-20-16-11-14(12-19)10-15(18)17(16)21-9-5-8-13-6-3-2-4-7-13/h2-8,10-11H,9,12,19H2,1H3/b8-5+. The van der Waals surface area contributed by atoms with Crippen LogP contribution in [-0.2, 0) is 6.54 Å². The van der Waals surface area contributed by atoms with Gasteiger partial charge in [-0.2, -0.15) is 0 Å². The Morgan fingerprint density at radius 3 is 2.62 bits per heavy atom. The van der Waals surface area contributed by atoms with E-state index in [4.69, 9.17) is 15.2 Å². The zero-order valence-electron chi connectivity index (χ0n) is 11.9. The molecule has 0 aliphatic carbocycles. The van der Waals surface area contributed by atoms with Gasteiger partial charge in [-0.15, -0.1) is 0 Å². The molecule has 2 aromatic rings. The molecule has 0 unspecified atom stereocenters. The SMILES string of the molecule is COc1cc(CN)cc(Br)c1OC/C=C/c1ccccc1. The van der Waals surface area contributed by atoms with Crippen molar-refractivity contribution in [2.24, 2.45) is 5.73 Å². The van der Waals surface area contributed by atoms with Crippen LogP contribution in [0, 0.1) is 0 Å². The monoisotopic (exact) mass is 347 g/mol. The summed E-state index contributed by atoms with van der Waals surface area (Å²) in [5, 5.41) is 0. The highest BCUT2D eigenvalue weighted by Crippen LogP contribution is 2.36. The van der Waals surface area contributed by atoms with Crippen molar-refractivity contribution in [2.75, 3.05) is 13.7 Å². The van der Waals surface area contributed by atoms with Crippen LogP contribution in [0.15, 0.2) is 53.0 Å². The van der Waals surface area contributed by atoms with Crippen molar-refractivity contribution in [3.63, 3.8) is 0 Å². The lowest BCUT2D eigenvalue weighted by Gasteiger charge is -2.12. The fourth-order valence-electron chi connectivity index (χ4n) is 1.91. The van der Waals surface area contributed by atoms with Gasteiger partial charge in [0, 0.05) is 6.54 Å². The molecule has 0 spiro atoms. The summed E-state index contributed by atoms with van der Waals surface area (Å²) in [6.45, 7) is 0.926. The molecule has 0 fully saturated rings. The second kappa shape index (κ2) is 7.86. The molecule has 2 rings (SSSR count). The molecular weight excluding hydrogens is 330 g/mol. The van der Waals surface area contributed by atoms with Gasteiger partial charge in [-0.3, -0.25) is 0 Å². The Bertz CT molecular complexity index is 612. The Hall–Kier alpha value is -1.78. The maximum Gasteiger partial charge on any atom is 0.175 e. The predicted octanol–water partition coefficient (Wildman–Crippen LogP) is 4.01. The number of hydrogen-bond acceptors (Lipinski definition) is 3. The second-order valence-electron chi connectivity index (χ2n) is 4.44. The molecule has 0 saturated carbocycles. The summed E-state index contributed by atoms with van der Waals surface area (Å²) in [7, 11) is 1.62. The van der Waals surface area contributed by atoms with Gasteiger partial charge in [0.25, 0.3) is 0 Å². The van der Waals surface area contributed by atoms with Crippen LogP contribution in [0.5, 0.6) is 11.5 Å². The Balaban J connectivity index is 2.04. The number of hydrogen-bond donors (Lipinski definition) is 1. The highest BCUT2D eigenvalue weighted by Gasteiger charge is 2.10. The molecule has 0 radical (unpaired) electrons. The molecule has 0 bridgehead atoms. The Morgan fingerprint density at radius 2 is 1.95 bits per heavy atom. The summed E-state index contributed by atoms with van der Waals surface area (Å²) < 4.78 is 12.0. The first-order valence-electron chi connectivity index (χ1n) is 6.65. The van der Waals surface area contributed by atoms with Crippen LogP contribution in [0.25, 0.3) is 6.08 Å². The lowest BCUT2D eigenvalue weighted by atomic mass is 10.2. The average Bonchev–Trinajstić information content (AvgIpc) is 2.53. The molecule has 0 atom stereocenters. The van der Waals surface area contributed by atoms with E-state index in [0.29, 0.717) is 24.7 Å². The Labute approximate surface area is 133 Å². The highest BCUT2D eigenvalue weighted by atomic mass is 79.9. The third-order valence-electron chi connectivity index (χ3n) is 2.96. The number of ether oxygens (including phenoxy) is 2. The van der Waals surface area contributed by atoms with Gasteiger partial charge in [0.15, 0.2) is 11.5 Å². The highest BCUT2D eigenvalue weighted by molar-refractivity contribution is 9.10. The van der Waals surface area contributed by atoms with Gasteiger partial charge in [0.1, 0.15) is 6.61 Å². The number of nitrogens with two attached hydrogens (primary N) is 1. The lowest BCUT2D eigenvalue weighted by molar-refractivity contribution is 0.324. The zero-order valence-corrected chi connectivity index (χ0v) is 13.5. The lowest BCUT2D eigenvalue weighted by Crippen LogP contribution is -2.01. The van der Waals surface area contributed by atoms with Crippen molar-refractivity contribution in [1.29, 1.82) is 0 Å². The van der Waals surface area contributed by atoms with Crippen LogP contribution >= 0.6 is 15.9 Å². The van der Waals surface area contributed by atoms with E-state index in [-0.39, 0.29) is 0 Å². The first-order valence-corrected chi connectivity index (χ1v) is 7.44. The summed E-state index contributed by atoms with van der Waals surface area (Å²) in [6.07, 6.45) is 3.99. The van der Waals surface area contributed by atoms with Gasteiger partial charge in [-0.25, -0.2) is 0 Å². The number of benzene rings is 2. The molecule has 21 heavy (non-hydrogen) atoms. The van der Waals surface area contributed by atoms with Crippen molar-refractivity contribution < 1.29 is 9.47 Å². The van der Waals surface area contributed by atoms with Crippen LogP contribution in [0.1, 0.15) is 11.1 Å². The summed E-state index contributed by atoms with van der Waals surface area (Å²) >= 11 is 3.49. The predicted molar refractivity (Wildman–Crippen MR) is 89.6 cm³/mol. The largest absolute Gasteiger partial charge is 0.493 e. The van der Waals surface area contributed by atoms with E-state index in [0.717, 1.165) is 15.6 Å². The molecule has 0 aromatic heterocycles. The molecule has 110 valence electrons. The minimum Gasteiger partial charge on any atom is -0.493 e. The van der Waals surface area contributed by atoms with Crippen molar-refractivity contribution in [1.82, 2.24) is 0 Å². The normalized spacial score (nSPS) is 10.8. The Kier molecular flexibility index (Phi) is 5.84. The molecular formula is C17H18BrNO2. The van der Waals surface area contributed by atoms with Gasteiger partial charge in [0.2, 0.25) is 0 Å². The molecule has 0 saturated heterocycles. The second-order valence-corrected chi connectivity index (χ2v) is 5.29. The topological polar surface area (TPSA) is 44.5 Å². The third kappa shape index (κ3) is 4.34. The van der Waals surface area contributed by atoms with Crippen LogP contribution in [0.3, 0.4) is 0 Å². The first kappa shape index (κ1) is 15.6. The van der Waals surface area contributed by atoms with Gasteiger partial charge in [-0.1, -0.05) is 36.4 Å². The van der Waals surface area contributed by atoms with Crippen molar-refractivity contribution >= 4 is 22.0 Å². The summed E-state index contributed by atoms with van der Waals surface area (Å²) in [6, 6.07) is 13.9. The smallest absolute Gasteiger partial charge is 0.175 e. The van der Waals surface area contributed by atoms with E-state index < -0.39 is 0 Å². The number of rotatable bonds is 6. The van der Waals surface area contributed by atoms with Gasteiger partial charge >= 0.3 is 0 Å². The number of methoxy groups -OCH3 is 1. The molecule has 0 heterocycles. The third-order valence-corrected chi connectivity index (χ3v) is 3.55. The van der Waals surface area contributed by atoms with Crippen LogP contribution in [0.2, 0.25) is 0 Å². The maximum absolute atomic E-state index is 5.78. The molecule has 0 aliphatic rings. The minimum absolute atomic E-state index is 0.461. The molecule has 4 heteroatoms. The van der Waals surface area contributed by atoms with Crippen molar-refractivity contribution in [2.45, 2.75) is 6.54 Å². The van der Waals surface area contributed by atoms with E-state index in [2.05, 4.69) is 15.9 Å². The van der Waals surface area contributed by atoms with E-state index in [1.54, 1.807) is 7.11 Å². The van der Waals surface area contributed by atoms with Crippen molar-refractivity contribution in [3.05, 3.63) is 64.1 Å². The van der Waals surface area contributed by atoms with E-state index in [1.165, 1.54) is 0 Å². The zero-order chi connectivity index (χ0) is 15.1. The van der Waals surface area contributed by atoms with E-state index in [9.17, 15) is 0 Å². The number of halogens is 1. The Morgan fingerprint density at radius 1 is 1.19 bits per heavy atom. The summed E-state index contributed by atoms with van der Waals surface area (Å²) in [5.41, 5.74) is 7.79. The van der Waals surface area contributed by atoms with Gasteiger partial charge in [0.05, 0.1) is 11.6 Å². The van der Waals surface area contributed by atoms with Crippen LogP contribution in [-0.4, -0.2) is 13.7 Å². The van der Waals surface area contributed by atoms with Gasteiger partial charge in [-0.05, 0) is 45.3 Å². The fraction of sp³-hybridized carbons (Fsp3) is 0.176. The first-order chi connectivity index (χ1) is 10.2.